The number of halogens is 1. The lowest BCUT2D eigenvalue weighted by Crippen LogP contribution is -2.30. The second-order valence-electron chi connectivity index (χ2n) is 5.78. The van der Waals surface area contributed by atoms with Crippen LogP contribution < -0.4 is 9.47 Å². The molecule has 4 nitrogen and oxygen atoms in total. The number of hydrogen-bond acceptors (Lipinski definition) is 3. The zero-order chi connectivity index (χ0) is 17.1. The maximum Gasteiger partial charge on any atom is 0.254 e. The minimum absolute atomic E-state index is 0.00778. The van der Waals surface area contributed by atoms with Gasteiger partial charge in [0.2, 0.25) is 0 Å². The molecule has 1 amide bonds. The van der Waals surface area contributed by atoms with Crippen molar-refractivity contribution in [3.8, 4) is 11.5 Å². The summed E-state index contributed by atoms with van der Waals surface area (Å²) in [6.45, 7) is 0.750. The molecular formula is C19H20ClNO3. The minimum atomic E-state index is 0.00778. The van der Waals surface area contributed by atoms with E-state index in [0.717, 1.165) is 24.9 Å². The van der Waals surface area contributed by atoms with Crippen molar-refractivity contribution >= 4 is 17.5 Å². The van der Waals surface area contributed by atoms with Crippen molar-refractivity contribution in [2.75, 3.05) is 20.8 Å². The van der Waals surface area contributed by atoms with Gasteiger partial charge in [0.15, 0.2) is 11.5 Å². The van der Waals surface area contributed by atoms with Gasteiger partial charge in [-0.15, -0.1) is 0 Å². The van der Waals surface area contributed by atoms with Gasteiger partial charge in [0, 0.05) is 17.1 Å². The molecular weight excluding hydrogens is 326 g/mol. The van der Waals surface area contributed by atoms with Crippen LogP contribution in [-0.4, -0.2) is 31.6 Å². The summed E-state index contributed by atoms with van der Waals surface area (Å²) in [6, 6.07) is 13.1. The monoisotopic (exact) mass is 345 g/mol. The summed E-state index contributed by atoms with van der Waals surface area (Å²) in [7, 11) is 3.15. The summed E-state index contributed by atoms with van der Waals surface area (Å²) in [4.78, 5) is 14.9. The van der Waals surface area contributed by atoms with Gasteiger partial charge in [0.25, 0.3) is 5.91 Å². The van der Waals surface area contributed by atoms with Crippen LogP contribution in [-0.2, 0) is 0 Å². The summed E-state index contributed by atoms with van der Waals surface area (Å²) in [5.41, 5.74) is 1.72. The lowest BCUT2D eigenvalue weighted by molar-refractivity contribution is 0.0735. The summed E-state index contributed by atoms with van der Waals surface area (Å²) >= 11 is 5.97. The Labute approximate surface area is 146 Å². The van der Waals surface area contributed by atoms with E-state index in [0.29, 0.717) is 22.1 Å². The van der Waals surface area contributed by atoms with E-state index in [9.17, 15) is 4.79 Å². The SMILES string of the molecule is COc1ccc(C(=O)N2CCCC2c2ccc(Cl)cc2)cc1OC. The Morgan fingerprint density at radius 3 is 2.46 bits per heavy atom. The first-order valence-corrected chi connectivity index (χ1v) is 8.30. The Bertz CT molecular complexity index is 730. The number of carbonyl (C=O) groups excluding carboxylic acids is 1. The third-order valence-electron chi connectivity index (χ3n) is 4.40. The first kappa shape index (κ1) is 16.7. The van der Waals surface area contributed by atoms with E-state index in [1.807, 2.05) is 29.2 Å². The van der Waals surface area contributed by atoms with Crippen LogP contribution in [0.4, 0.5) is 0 Å². The third-order valence-corrected chi connectivity index (χ3v) is 4.65. The average Bonchev–Trinajstić information content (AvgIpc) is 3.10. The molecule has 126 valence electrons. The molecule has 0 aliphatic carbocycles. The fourth-order valence-corrected chi connectivity index (χ4v) is 3.30. The van der Waals surface area contributed by atoms with Gasteiger partial charge in [-0.1, -0.05) is 23.7 Å². The Morgan fingerprint density at radius 1 is 1.08 bits per heavy atom. The number of likely N-dealkylation sites (tertiary alicyclic amines) is 1. The summed E-state index contributed by atoms with van der Waals surface area (Å²) in [5, 5.41) is 0.703. The number of benzene rings is 2. The lowest BCUT2D eigenvalue weighted by Gasteiger charge is -2.25. The largest absolute Gasteiger partial charge is 0.493 e. The van der Waals surface area contributed by atoms with E-state index in [-0.39, 0.29) is 11.9 Å². The normalized spacial score (nSPS) is 17.0. The van der Waals surface area contributed by atoms with E-state index in [4.69, 9.17) is 21.1 Å². The van der Waals surface area contributed by atoms with Crippen LogP contribution in [0.15, 0.2) is 42.5 Å². The maximum absolute atomic E-state index is 13.0. The van der Waals surface area contributed by atoms with Crippen molar-refractivity contribution < 1.29 is 14.3 Å². The van der Waals surface area contributed by atoms with Gasteiger partial charge in [-0.3, -0.25) is 4.79 Å². The summed E-state index contributed by atoms with van der Waals surface area (Å²) in [5.74, 6) is 1.18. The zero-order valence-electron chi connectivity index (χ0n) is 13.8. The summed E-state index contributed by atoms with van der Waals surface area (Å²) in [6.07, 6.45) is 1.95. The zero-order valence-corrected chi connectivity index (χ0v) is 14.5. The molecule has 2 aromatic rings. The molecule has 1 fully saturated rings. The molecule has 1 aliphatic rings. The van der Waals surface area contributed by atoms with Crippen molar-refractivity contribution in [2.45, 2.75) is 18.9 Å². The van der Waals surface area contributed by atoms with E-state index < -0.39 is 0 Å². The number of rotatable bonds is 4. The molecule has 0 bridgehead atoms. The van der Waals surface area contributed by atoms with Crippen LogP contribution in [0.1, 0.15) is 34.8 Å². The van der Waals surface area contributed by atoms with Gasteiger partial charge in [-0.2, -0.15) is 0 Å². The Balaban J connectivity index is 1.87. The molecule has 1 heterocycles. The number of amides is 1. The fourth-order valence-electron chi connectivity index (χ4n) is 3.18. The first-order chi connectivity index (χ1) is 11.6. The lowest BCUT2D eigenvalue weighted by atomic mass is 10.0. The van der Waals surface area contributed by atoms with Gasteiger partial charge in [-0.05, 0) is 48.7 Å². The highest BCUT2D eigenvalue weighted by Crippen LogP contribution is 2.35. The van der Waals surface area contributed by atoms with E-state index in [1.165, 1.54) is 0 Å². The molecule has 5 heteroatoms. The number of ether oxygens (including phenoxy) is 2. The highest BCUT2D eigenvalue weighted by Gasteiger charge is 2.30. The average molecular weight is 346 g/mol. The van der Waals surface area contributed by atoms with Gasteiger partial charge < -0.3 is 14.4 Å². The van der Waals surface area contributed by atoms with Crippen LogP contribution in [0.5, 0.6) is 11.5 Å². The standard InChI is InChI=1S/C19H20ClNO3/c1-23-17-10-7-14(12-18(17)24-2)19(22)21-11-3-4-16(21)13-5-8-15(20)9-6-13/h5-10,12,16H,3-4,11H2,1-2H3. The fraction of sp³-hybridized carbons (Fsp3) is 0.316. The predicted octanol–water partition coefficient (Wildman–Crippen LogP) is 4.33. The van der Waals surface area contributed by atoms with Gasteiger partial charge in [0.05, 0.1) is 20.3 Å². The molecule has 24 heavy (non-hydrogen) atoms. The molecule has 2 aromatic carbocycles. The smallest absolute Gasteiger partial charge is 0.254 e. The number of hydrogen-bond donors (Lipinski definition) is 0. The van der Waals surface area contributed by atoms with Crippen LogP contribution >= 0.6 is 11.6 Å². The molecule has 0 radical (unpaired) electrons. The Morgan fingerprint density at radius 2 is 1.79 bits per heavy atom. The van der Waals surface area contributed by atoms with Crippen LogP contribution in [0.25, 0.3) is 0 Å². The molecule has 0 spiro atoms. The number of nitrogens with zero attached hydrogens (tertiary/aromatic N) is 1. The molecule has 3 rings (SSSR count). The predicted molar refractivity (Wildman–Crippen MR) is 94.0 cm³/mol. The third kappa shape index (κ3) is 3.20. The summed E-state index contributed by atoms with van der Waals surface area (Å²) < 4.78 is 10.5. The van der Waals surface area contributed by atoms with Crippen molar-refractivity contribution in [1.82, 2.24) is 4.90 Å². The van der Waals surface area contributed by atoms with E-state index in [1.54, 1.807) is 32.4 Å². The van der Waals surface area contributed by atoms with Crippen molar-refractivity contribution in [2.24, 2.45) is 0 Å². The molecule has 0 saturated carbocycles. The minimum Gasteiger partial charge on any atom is -0.493 e. The van der Waals surface area contributed by atoms with Crippen LogP contribution in [0, 0.1) is 0 Å². The van der Waals surface area contributed by atoms with E-state index >= 15 is 0 Å². The molecule has 1 unspecified atom stereocenters. The van der Waals surface area contributed by atoms with E-state index in [2.05, 4.69) is 0 Å². The van der Waals surface area contributed by atoms with Crippen LogP contribution in [0.3, 0.4) is 0 Å². The first-order valence-electron chi connectivity index (χ1n) is 7.92. The second-order valence-corrected chi connectivity index (χ2v) is 6.21. The highest BCUT2D eigenvalue weighted by atomic mass is 35.5. The topological polar surface area (TPSA) is 38.8 Å². The van der Waals surface area contributed by atoms with Gasteiger partial charge in [0.1, 0.15) is 0 Å². The van der Waals surface area contributed by atoms with Crippen LogP contribution in [0.2, 0.25) is 5.02 Å². The molecule has 1 atom stereocenters. The Hall–Kier alpha value is -2.20. The number of methoxy groups -OCH3 is 2. The van der Waals surface area contributed by atoms with Crippen molar-refractivity contribution in [3.05, 3.63) is 58.6 Å². The van der Waals surface area contributed by atoms with Crippen molar-refractivity contribution in [3.63, 3.8) is 0 Å². The molecule has 1 aliphatic heterocycles. The highest BCUT2D eigenvalue weighted by molar-refractivity contribution is 6.30. The second kappa shape index (κ2) is 7.14. The molecule has 0 aromatic heterocycles. The number of carbonyl (C=O) groups is 1. The molecule has 1 saturated heterocycles. The molecule has 0 N–H and O–H groups in total. The van der Waals surface area contributed by atoms with Gasteiger partial charge in [-0.25, -0.2) is 0 Å². The quantitative estimate of drug-likeness (QED) is 0.827. The van der Waals surface area contributed by atoms with Crippen molar-refractivity contribution in [1.29, 1.82) is 0 Å². The Kier molecular flexibility index (Phi) is 4.95. The maximum atomic E-state index is 13.0. The van der Waals surface area contributed by atoms with Gasteiger partial charge >= 0.3 is 0 Å².